The maximum absolute atomic E-state index is 6.14. The number of anilines is 1. The summed E-state index contributed by atoms with van der Waals surface area (Å²) in [6.07, 6.45) is 2.69. The van der Waals surface area contributed by atoms with Crippen LogP contribution in [0.3, 0.4) is 0 Å². The lowest BCUT2D eigenvalue weighted by Crippen LogP contribution is -2.34. The highest BCUT2D eigenvalue weighted by Crippen LogP contribution is 2.33. The standard InChI is InChI=1S/C13H20ClN3/c1-8(2)17(7-11-5-6-11)13-9(3)12(14)15-10(4)16-13/h8,11H,5-7H2,1-4H3. The Kier molecular flexibility index (Phi) is 3.57. The Morgan fingerprint density at radius 1 is 1.29 bits per heavy atom. The Morgan fingerprint density at radius 2 is 1.94 bits per heavy atom. The average molecular weight is 254 g/mol. The SMILES string of the molecule is Cc1nc(Cl)c(C)c(N(CC2CC2)C(C)C)n1. The number of nitrogens with zero attached hydrogens (tertiary/aromatic N) is 3. The molecule has 0 bridgehead atoms. The first-order chi connectivity index (χ1) is 7.99. The molecule has 0 radical (unpaired) electrons. The van der Waals surface area contributed by atoms with E-state index in [-0.39, 0.29) is 0 Å². The van der Waals surface area contributed by atoms with Crippen molar-refractivity contribution in [2.24, 2.45) is 5.92 Å². The van der Waals surface area contributed by atoms with E-state index in [9.17, 15) is 0 Å². The molecule has 4 heteroatoms. The zero-order valence-electron chi connectivity index (χ0n) is 11.0. The summed E-state index contributed by atoms with van der Waals surface area (Å²) in [4.78, 5) is 11.1. The lowest BCUT2D eigenvalue weighted by molar-refractivity contribution is 0.632. The topological polar surface area (TPSA) is 29.0 Å². The summed E-state index contributed by atoms with van der Waals surface area (Å²) in [6.45, 7) is 9.38. The van der Waals surface area contributed by atoms with Crippen molar-refractivity contribution < 1.29 is 0 Å². The Morgan fingerprint density at radius 3 is 2.47 bits per heavy atom. The molecule has 0 saturated heterocycles. The fraction of sp³-hybridized carbons (Fsp3) is 0.692. The van der Waals surface area contributed by atoms with Crippen molar-refractivity contribution in [1.29, 1.82) is 0 Å². The third-order valence-electron chi connectivity index (χ3n) is 3.22. The predicted octanol–water partition coefficient (Wildman–Crippen LogP) is 3.37. The molecule has 1 fully saturated rings. The first kappa shape index (κ1) is 12.6. The van der Waals surface area contributed by atoms with Gasteiger partial charge in [0.05, 0.1) is 0 Å². The molecule has 1 aromatic heterocycles. The molecule has 0 spiro atoms. The van der Waals surface area contributed by atoms with Crippen molar-refractivity contribution in [3.63, 3.8) is 0 Å². The molecule has 1 aliphatic rings. The summed E-state index contributed by atoms with van der Waals surface area (Å²) < 4.78 is 0. The van der Waals surface area contributed by atoms with E-state index in [2.05, 4.69) is 28.7 Å². The van der Waals surface area contributed by atoms with Crippen LogP contribution >= 0.6 is 11.6 Å². The van der Waals surface area contributed by atoms with E-state index in [0.717, 1.165) is 29.7 Å². The van der Waals surface area contributed by atoms with Gasteiger partial charge in [0, 0.05) is 18.2 Å². The third-order valence-corrected chi connectivity index (χ3v) is 3.59. The molecule has 94 valence electrons. The molecule has 0 N–H and O–H groups in total. The lowest BCUT2D eigenvalue weighted by atomic mass is 10.2. The molecular weight excluding hydrogens is 234 g/mol. The molecule has 1 aromatic rings. The molecule has 0 unspecified atom stereocenters. The van der Waals surface area contributed by atoms with E-state index in [1.54, 1.807) is 0 Å². The molecule has 0 amide bonds. The fourth-order valence-electron chi connectivity index (χ4n) is 1.98. The van der Waals surface area contributed by atoms with Crippen LogP contribution < -0.4 is 4.90 Å². The van der Waals surface area contributed by atoms with Gasteiger partial charge in [-0.15, -0.1) is 0 Å². The van der Waals surface area contributed by atoms with E-state index >= 15 is 0 Å². The molecule has 17 heavy (non-hydrogen) atoms. The Hall–Kier alpha value is -0.830. The summed E-state index contributed by atoms with van der Waals surface area (Å²) in [5.41, 5.74) is 0.992. The van der Waals surface area contributed by atoms with Gasteiger partial charge >= 0.3 is 0 Å². The Bertz CT molecular complexity index is 413. The van der Waals surface area contributed by atoms with Gasteiger partial charge in [-0.25, -0.2) is 9.97 Å². The molecule has 1 aliphatic carbocycles. The maximum Gasteiger partial charge on any atom is 0.137 e. The first-order valence-electron chi connectivity index (χ1n) is 6.26. The van der Waals surface area contributed by atoms with E-state index < -0.39 is 0 Å². The van der Waals surface area contributed by atoms with E-state index in [4.69, 9.17) is 11.6 Å². The van der Waals surface area contributed by atoms with Crippen LogP contribution in [0.15, 0.2) is 0 Å². The van der Waals surface area contributed by atoms with Crippen molar-refractivity contribution in [2.45, 2.75) is 46.6 Å². The van der Waals surface area contributed by atoms with Gasteiger partial charge in [0.1, 0.15) is 16.8 Å². The van der Waals surface area contributed by atoms with Crippen LogP contribution in [0.4, 0.5) is 5.82 Å². The number of aromatic nitrogens is 2. The molecule has 2 rings (SSSR count). The Balaban J connectivity index is 2.33. The summed E-state index contributed by atoms with van der Waals surface area (Å²) in [7, 11) is 0. The van der Waals surface area contributed by atoms with Gasteiger partial charge in [0.25, 0.3) is 0 Å². The van der Waals surface area contributed by atoms with Gasteiger partial charge in [-0.05, 0) is 46.5 Å². The normalized spacial score (nSPS) is 15.4. The molecule has 3 nitrogen and oxygen atoms in total. The number of rotatable bonds is 4. The maximum atomic E-state index is 6.14. The van der Waals surface area contributed by atoms with Crippen molar-refractivity contribution in [2.75, 3.05) is 11.4 Å². The zero-order valence-corrected chi connectivity index (χ0v) is 11.8. The lowest BCUT2D eigenvalue weighted by Gasteiger charge is -2.29. The van der Waals surface area contributed by atoms with Crippen molar-refractivity contribution in [1.82, 2.24) is 9.97 Å². The molecule has 0 aromatic carbocycles. The predicted molar refractivity (Wildman–Crippen MR) is 71.7 cm³/mol. The van der Waals surface area contributed by atoms with Gasteiger partial charge in [-0.2, -0.15) is 0 Å². The molecule has 0 aliphatic heterocycles. The first-order valence-corrected chi connectivity index (χ1v) is 6.64. The smallest absolute Gasteiger partial charge is 0.137 e. The molecule has 0 atom stereocenters. The number of hydrogen-bond acceptors (Lipinski definition) is 3. The number of hydrogen-bond donors (Lipinski definition) is 0. The van der Waals surface area contributed by atoms with Gasteiger partial charge < -0.3 is 4.90 Å². The second-order valence-electron chi connectivity index (χ2n) is 5.20. The van der Waals surface area contributed by atoms with Gasteiger partial charge in [-0.3, -0.25) is 0 Å². The third kappa shape index (κ3) is 2.89. The minimum absolute atomic E-state index is 0.444. The fourth-order valence-corrected chi connectivity index (χ4v) is 2.19. The van der Waals surface area contributed by atoms with Crippen LogP contribution in [-0.4, -0.2) is 22.6 Å². The van der Waals surface area contributed by atoms with Crippen LogP contribution in [0.1, 0.15) is 38.1 Å². The summed E-state index contributed by atoms with van der Waals surface area (Å²) in [6, 6.07) is 0.444. The summed E-state index contributed by atoms with van der Waals surface area (Å²) >= 11 is 6.14. The van der Waals surface area contributed by atoms with Crippen molar-refractivity contribution >= 4 is 17.4 Å². The van der Waals surface area contributed by atoms with Gasteiger partial charge in [0.2, 0.25) is 0 Å². The monoisotopic (exact) mass is 253 g/mol. The van der Waals surface area contributed by atoms with Crippen molar-refractivity contribution in [3.8, 4) is 0 Å². The Labute approximate surface area is 108 Å². The highest BCUT2D eigenvalue weighted by Gasteiger charge is 2.27. The molecular formula is C13H20ClN3. The summed E-state index contributed by atoms with van der Waals surface area (Å²) in [5, 5.41) is 0.578. The van der Waals surface area contributed by atoms with Crippen LogP contribution in [0.2, 0.25) is 5.15 Å². The van der Waals surface area contributed by atoms with Crippen LogP contribution in [-0.2, 0) is 0 Å². The van der Waals surface area contributed by atoms with Crippen molar-refractivity contribution in [3.05, 3.63) is 16.5 Å². The number of aryl methyl sites for hydroxylation is 1. The minimum Gasteiger partial charge on any atom is -0.354 e. The largest absolute Gasteiger partial charge is 0.354 e. The minimum atomic E-state index is 0.444. The van der Waals surface area contributed by atoms with E-state index in [1.807, 2.05) is 13.8 Å². The second kappa shape index (κ2) is 4.81. The van der Waals surface area contributed by atoms with E-state index in [0.29, 0.717) is 11.2 Å². The highest BCUT2D eigenvalue weighted by molar-refractivity contribution is 6.30. The molecule has 1 heterocycles. The average Bonchev–Trinajstić information content (AvgIpc) is 3.03. The quantitative estimate of drug-likeness (QED) is 0.771. The van der Waals surface area contributed by atoms with Gasteiger partial charge in [-0.1, -0.05) is 11.6 Å². The van der Waals surface area contributed by atoms with Crippen LogP contribution in [0, 0.1) is 19.8 Å². The van der Waals surface area contributed by atoms with Gasteiger partial charge in [0.15, 0.2) is 0 Å². The summed E-state index contributed by atoms with van der Waals surface area (Å²) in [5.74, 6) is 2.59. The molecule has 1 saturated carbocycles. The highest BCUT2D eigenvalue weighted by atomic mass is 35.5. The van der Waals surface area contributed by atoms with E-state index in [1.165, 1.54) is 12.8 Å². The number of halogens is 1. The zero-order chi connectivity index (χ0) is 12.6. The van der Waals surface area contributed by atoms with Crippen LogP contribution in [0.5, 0.6) is 0 Å². The van der Waals surface area contributed by atoms with Crippen LogP contribution in [0.25, 0.3) is 0 Å². The second-order valence-corrected chi connectivity index (χ2v) is 5.56.